The van der Waals surface area contributed by atoms with Crippen LogP contribution in [-0.2, 0) is 14.8 Å². The smallest absolute Gasteiger partial charge is 0.435 e. The maximum Gasteiger partial charge on any atom is 0.435 e. The summed E-state index contributed by atoms with van der Waals surface area (Å²) < 4.78 is 69.3. The summed E-state index contributed by atoms with van der Waals surface area (Å²) in [6.45, 7) is 0. The van der Waals surface area contributed by atoms with Gasteiger partial charge in [0.1, 0.15) is 11.5 Å². The number of hydrazone groups is 1. The molecule has 0 saturated heterocycles. The largest absolute Gasteiger partial charge is 0.457 e. The van der Waals surface area contributed by atoms with E-state index in [2.05, 4.69) is 5.10 Å². The number of halogens is 5. The molecule has 0 bridgehead atoms. The lowest BCUT2D eigenvalue weighted by atomic mass is 10.1. The molecule has 34 heavy (non-hydrogen) atoms. The number of anilines is 1. The van der Waals surface area contributed by atoms with Crippen molar-refractivity contribution < 1.29 is 30.8 Å². The number of benzene rings is 2. The normalized spacial score (nSPS) is 15.8. The minimum absolute atomic E-state index is 0.0344. The second-order valence-corrected chi connectivity index (χ2v) is 9.37. The molecule has 7 nitrogen and oxygen atoms in total. The Kier molecular flexibility index (Phi) is 6.06. The summed E-state index contributed by atoms with van der Waals surface area (Å²) in [4.78, 5) is 12.6. The van der Waals surface area contributed by atoms with E-state index in [0.29, 0.717) is 15.6 Å². The number of sulfonamides is 1. The van der Waals surface area contributed by atoms with Crippen molar-refractivity contribution in [2.24, 2.45) is 10.2 Å². The lowest BCUT2D eigenvalue weighted by molar-refractivity contribution is -0.114. The van der Waals surface area contributed by atoms with Crippen molar-refractivity contribution in [2.45, 2.75) is 11.1 Å². The highest BCUT2D eigenvalue weighted by Crippen LogP contribution is 2.34. The molecule has 3 aromatic rings. The molecule has 0 saturated carbocycles. The predicted octanol–water partition coefficient (Wildman–Crippen LogP) is 5.25. The van der Waals surface area contributed by atoms with Crippen LogP contribution in [0.4, 0.5) is 18.9 Å². The van der Waals surface area contributed by atoms with Gasteiger partial charge >= 0.3 is 6.18 Å². The number of hydrogen-bond acceptors (Lipinski definition) is 5. The van der Waals surface area contributed by atoms with Gasteiger partial charge in [0.2, 0.25) is 10.0 Å². The molecule has 1 aliphatic heterocycles. The molecule has 4 rings (SSSR count). The third-order valence-corrected chi connectivity index (χ3v) is 6.34. The maximum absolute atomic E-state index is 13.6. The molecular formula is C21H12Cl2F3N3O4S. The lowest BCUT2D eigenvalue weighted by Crippen LogP contribution is -2.25. The van der Waals surface area contributed by atoms with Crippen molar-refractivity contribution in [3.63, 3.8) is 0 Å². The van der Waals surface area contributed by atoms with Gasteiger partial charge in [0, 0.05) is 5.56 Å². The van der Waals surface area contributed by atoms with Crippen LogP contribution < -0.4 is 10.1 Å². The summed E-state index contributed by atoms with van der Waals surface area (Å²) in [6, 6.07) is 11.9. The first-order valence-electron chi connectivity index (χ1n) is 9.25. The van der Waals surface area contributed by atoms with Crippen LogP contribution in [0.5, 0.6) is 0 Å². The SMILES string of the molecule is NS(=O)(=O)c1ccc(N2N=C(C(F)(F)F)/C(=C/c3ccc(-c4ccc(Cl)c(Cl)c4)o3)C2=O)cc1. The van der Waals surface area contributed by atoms with E-state index in [1.165, 1.54) is 24.3 Å². The van der Waals surface area contributed by atoms with Gasteiger partial charge in [-0.05, 0) is 60.7 Å². The van der Waals surface area contributed by atoms with Gasteiger partial charge in [-0.1, -0.05) is 23.2 Å². The second-order valence-electron chi connectivity index (χ2n) is 6.99. The van der Waals surface area contributed by atoms with E-state index in [-0.39, 0.29) is 27.1 Å². The Bertz CT molecular complexity index is 1460. The van der Waals surface area contributed by atoms with E-state index in [1.54, 1.807) is 6.07 Å². The Morgan fingerprint density at radius 1 is 1.00 bits per heavy atom. The van der Waals surface area contributed by atoms with Crippen molar-refractivity contribution >= 4 is 56.6 Å². The highest BCUT2D eigenvalue weighted by atomic mass is 35.5. The Balaban J connectivity index is 1.70. The molecule has 1 aliphatic rings. The van der Waals surface area contributed by atoms with Crippen LogP contribution in [0.25, 0.3) is 17.4 Å². The summed E-state index contributed by atoms with van der Waals surface area (Å²) in [7, 11) is -4.03. The van der Waals surface area contributed by atoms with Gasteiger partial charge < -0.3 is 4.42 Å². The fourth-order valence-corrected chi connectivity index (χ4v) is 3.90. The van der Waals surface area contributed by atoms with Crippen molar-refractivity contribution in [1.29, 1.82) is 0 Å². The third kappa shape index (κ3) is 4.73. The van der Waals surface area contributed by atoms with E-state index in [1.807, 2.05) is 0 Å². The number of alkyl halides is 3. The van der Waals surface area contributed by atoms with Crippen LogP contribution in [0.15, 0.2) is 74.6 Å². The molecule has 0 unspecified atom stereocenters. The Labute approximate surface area is 200 Å². The topological polar surface area (TPSA) is 106 Å². The van der Waals surface area contributed by atoms with Gasteiger partial charge in [0.15, 0.2) is 5.71 Å². The van der Waals surface area contributed by atoms with E-state index < -0.39 is 33.4 Å². The van der Waals surface area contributed by atoms with Crippen molar-refractivity contribution in [3.05, 3.63) is 76.0 Å². The number of primary sulfonamides is 1. The average molecular weight is 530 g/mol. The number of nitrogens with zero attached hydrogens (tertiary/aromatic N) is 2. The molecule has 1 amide bonds. The number of carbonyl (C=O) groups is 1. The summed E-state index contributed by atoms with van der Waals surface area (Å²) in [5.41, 5.74) is -1.74. The molecule has 0 spiro atoms. The monoisotopic (exact) mass is 529 g/mol. The van der Waals surface area contributed by atoms with Crippen LogP contribution in [0.1, 0.15) is 5.76 Å². The van der Waals surface area contributed by atoms with Crippen molar-refractivity contribution in [2.75, 3.05) is 5.01 Å². The fraction of sp³-hybridized carbons (Fsp3) is 0.0476. The lowest BCUT2D eigenvalue weighted by Gasteiger charge is -2.11. The van der Waals surface area contributed by atoms with E-state index >= 15 is 0 Å². The van der Waals surface area contributed by atoms with Crippen LogP contribution >= 0.6 is 23.2 Å². The van der Waals surface area contributed by atoms with Gasteiger partial charge in [-0.15, -0.1) is 0 Å². The number of carbonyl (C=O) groups excluding carboxylic acids is 1. The number of furan rings is 1. The number of nitrogens with two attached hydrogens (primary N) is 1. The first-order valence-corrected chi connectivity index (χ1v) is 11.6. The summed E-state index contributed by atoms with van der Waals surface area (Å²) in [5, 5.41) is 9.53. The molecule has 2 aromatic carbocycles. The van der Waals surface area contributed by atoms with Gasteiger partial charge in [-0.2, -0.15) is 23.3 Å². The van der Waals surface area contributed by atoms with Gasteiger partial charge in [-0.25, -0.2) is 13.6 Å². The molecule has 0 radical (unpaired) electrons. The van der Waals surface area contributed by atoms with Crippen LogP contribution in [0.2, 0.25) is 10.0 Å². The zero-order valence-corrected chi connectivity index (χ0v) is 19.0. The highest BCUT2D eigenvalue weighted by Gasteiger charge is 2.47. The summed E-state index contributed by atoms with van der Waals surface area (Å²) in [5.74, 6) is -0.826. The summed E-state index contributed by atoms with van der Waals surface area (Å²) >= 11 is 11.9. The molecule has 13 heteroatoms. The second kappa shape index (κ2) is 8.58. The van der Waals surface area contributed by atoms with Crippen LogP contribution in [-0.4, -0.2) is 26.2 Å². The standard InChI is InChI=1S/C21H12Cl2F3N3O4S/c22-16-7-1-11(9-17(16)23)18-8-4-13(33-18)10-15-19(21(24,25)26)28-29(20(15)30)12-2-5-14(6-3-12)34(27,31)32/h1-10H,(H2,27,31,32)/b15-10-. The van der Waals surface area contributed by atoms with E-state index in [9.17, 15) is 26.4 Å². The van der Waals surface area contributed by atoms with Crippen molar-refractivity contribution in [3.8, 4) is 11.3 Å². The predicted molar refractivity (Wildman–Crippen MR) is 121 cm³/mol. The fourth-order valence-electron chi connectivity index (χ4n) is 3.08. The van der Waals surface area contributed by atoms with Gasteiger partial charge in [0.05, 0.1) is 26.2 Å². The molecule has 1 aromatic heterocycles. The highest BCUT2D eigenvalue weighted by molar-refractivity contribution is 7.89. The Morgan fingerprint density at radius 3 is 2.26 bits per heavy atom. The Hall–Kier alpha value is -3.12. The van der Waals surface area contributed by atoms with E-state index in [4.69, 9.17) is 32.8 Å². The number of amides is 1. The number of rotatable bonds is 4. The van der Waals surface area contributed by atoms with Crippen molar-refractivity contribution in [1.82, 2.24) is 0 Å². The zero-order valence-electron chi connectivity index (χ0n) is 16.7. The summed E-state index contributed by atoms with van der Waals surface area (Å²) in [6.07, 6.45) is -4.02. The van der Waals surface area contributed by atoms with Gasteiger partial charge in [0.25, 0.3) is 5.91 Å². The molecule has 2 heterocycles. The number of hydrogen-bond donors (Lipinski definition) is 1. The minimum Gasteiger partial charge on any atom is -0.457 e. The minimum atomic E-state index is -4.95. The third-order valence-electron chi connectivity index (χ3n) is 4.67. The molecule has 0 fully saturated rings. The molecule has 0 atom stereocenters. The van der Waals surface area contributed by atoms with Crippen LogP contribution in [0, 0.1) is 0 Å². The first-order chi connectivity index (χ1) is 15.8. The molecule has 176 valence electrons. The molecular weight excluding hydrogens is 518 g/mol. The molecule has 0 aliphatic carbocycles. The first kappa shape index (κ1) is 24.0. The Morgan fingerprint density at radius 2 is 1.68 bits per heavy atom. The maximum atomic E-state index is 13.6. The quantitative estimate of drug-likeness (QED) is 0.465. The zero-order chi connectivity index (χ0) is 24.8. The molecule has 2 N–H and O–H groups in total. The van der Waals surface area contributed by atoms with Gasteiger partial charge in [-0.3, -0.25) is 4.79 Å². The van der Waals surface area contributed by atoms with Crippen LogP contribution in [0.3, 0.4) is 0 Å². The average Bonchev–Trinajstić information content (AvgIpc) is 3.35. The van der Waals surface area contributed by atoms with E-state index in [0.717, 1.165) is 30.3 Å².